The molecule has 2 heterocycles. The van der Waals surface area contributed by atoms with E-state index in [9.17, 15) is 14.0 Å². The Hall–Kier alpha value is -2.76. The molecule has 0 saturated carbocycles. The van der Waals surface area contributed by atoms with Crippen molar-refractivity contribution in [1.29, 1.82) is 0 Å². The largest absolute Gasteiger partial charge is 0.340 e. The SMILES string of the molecule is CC(C)[C@@H](NC(=O)c1cccnc1)C(=O)N1CCC(c2ccc(F)cc2)C(C)(C)C1. The van der Waals surface area contributed by atoms with Crippen molar-refractivity contribution in [2.45, 2.75) is 46.1 Å². The Morgan fingerprint density at radius 2 is 1.90 bits per heavy atom. The Kier molecular flexibility index (Phi) is 6.54. The normalized spacial score (nSPS) is 19.4. The predicted molar refractivity (Wildman–Crippen MR) is 114 cm³/mol. The van der Waals surface area contributed by atoms with Gasteiger partial charge in [0, 0.05) is 25.5 Å². The Balaban J connectivity index is 1.72. The standard InChI is InChI=1S/C24H30FN3O2/c1-16(2)21(27-22(29)18-6-5-12-26-14-18)23(30)28-13-11-20(24(3,4)15-28)17-7-9-19(25)10-8-17/h5-10,12,14,16,20-21H,11,13,15H2,1-4H3,(H,27,29)/t20?,21-/m1/s1. The van der Waals surface area contributed by atoms with Crippen LogP contribution in [0.1, 0.15) is 56.0 Å². The predicted octanol–water partition coefficient (Wildman–Crippen LogP) is 4.02. The lowest BCUT2D eigenvalue weighted by atomic mass is 9.70. The zero-order chi connectivity index (χ0) is 21.9. The number of likely N-dealkylation sites (tertiary alicyclic amines) is 1. The number of amides is 2. The molecule has 30 heavy (non-hydrogen) atoms. The number of hydrogen-bond acceptors (Lipinski definition) is 3. The van der Waals surface area contributed by atoms with Gasteiger partial charge in [0.2, 0.25) is 5.91 Å². The average Bonchev–Trinajstić information content (AvgIpc) is 2.72. The van der Waals surface area contributed by atoms with E-state index >= 15 is 0 Å². The molecule has 0 bridgehead atoms. The van der Waals surface area contributed by atoms with E-state index in [0.29, 0.717) is 18.7 Å². The molecule has 1 unspecified atom stereocenters. The van der Waals surface area contributed by atoms with E-state index in [0.717, 1.165) is 12.0 Å². The number of halogens is 1. The number of hydrogen-bond donors (Lipinski definition) is 1. The van der Waals surface area contributed by atoms with Gasteiger partial charge in [-0.2, -0.15) is 0 Å². The number of benzene rings is 1. The summed E-state index contributed by atoms with van der Waals surface area (Å²) in [5.74, 6) is -0.405. The van der Waals surface area contributed by atoms with E-state index in [-0.39, 0.29) is 34.9 Å². The van der Waals surface area contributed by atoms with Crippen molar-refractivity contribution >= 4 is 11.8 Å². The first kappa shape index (κ1) is 21.9. The highest BCUT2D eigenvalue weighted by Gasteiger charge is 2.40. The molecular formula is C24H30FN3O2. The van der Waals surface area contributed by atoms with Crippen LogP contribution < -0.4 is 5.32 Å². The van der Waals surface area contributed by atoms with E-state index in [4.69, 9.17) is 0 Å². The van der Waals surface area contributed by atoms with Gasteiger partial charge < -0.3 is 10.2 Å². The minimum Gasteiger partial charge on any atom is -0.340 e. The van der Waals surface area contributed by atoms with Gasteiger partial charge in [0.1, 0.15) is 11.9 Å². The molecule has 1 fully saturated rings. The number of carbonyl (C=O) groups is 2. The third kappa shape index (κ3) is 4.86. The molecule has 6 heteroatoms. The lowest BCUT2D eigenvalue weighted by molar-refractivity contribution is -0.137. The van der Waals surface area contributed by atoms with Gasteiger partial charge in [0.25, 0.3) is 5.91 Å². The molecular weight excluding hydrogens is 381 g/mol. The van der Waals surface area contributed by atoms with Crippen molar-refractivity contribution in [2.75, 3.05) is 13.1 Å². The van der Waals surface area contributed by atoms with Crippen LogP contribution in [0.5, 0.6) is 0 Å². The number of nitrogens with one attached hydrogen (secondary N) is 1. The van der Waals surface area contributed by atoms with Gasteiger partial charge in [-0.05, 0) is 53.5 Å². The molecule has 1 saturated heterocycles. The highest BCUT2D eigenvalue weighted by atomic mass is 19.1. The maximum atomic E-state index is 13.3. The minimum atomic E-state index is -0.601. The Morgan fingerprint density at radius 1 is 1.20 bits per heavy atom. The quantitative estimate of drug-likeness (QED) is 0.808. The van der Waals surface area contributed by atoms with Crippen molar-refractivity contribution in [2.24, 2.45) is 11.3 Å². The number of aromatic nitrogens is 1. The van der Waals surface area contributed by atoms with Crippen LogP contribution in [0, 0.1) is 17.2 Å². The molecule has 2 aromatic rings. The van der Waals surface area contributed by atoms with Crippen molar-refractivity contribution in [3.05, 3.63) is 65.7 Å². The lowest BCUT2D eigenvalue weighted by Gasteiger charge is -2.45. The van der Waals surface area contributed by atoms with E-state index in [1.807, 2.05) is 30.9 Å². The number of nitrogens with zero attached hydrogens (tertiary/aromatic N) is 2. The van der Waals surface area contributed by atoms with Crippen LogP contribution in [0.4, 0.5) is 4.39 Å². The molecule has 5 nitrogen and oxygen atoms in total. The van der Waals surface area contributed by atoms with Crippen molar-refractivity contribution in [3.8, 4) is 0 Å². The monoisotopic (exact) mass is 411 g/mol. The van der Waals surface area contributed by atoms with Gasteiger partial charge in [-0.25, -0.2) is 4.39 Å². The fourth-order valence-electron chi connectivity index (χ4n) is 4.29. The van der Waals surface area contributed by atoms with Gasteiger partial charge in [-0.15, -0.1) is 0 Å². The van der Waals surface area contributed by atoms with Crippen LogP contribution in [0.15, 0.2) is 48.8 Å². The van der Waals surface area contributed by atoms with Crippen LogP contribution in [0.25, 0.3) is 0 Å². The van der Waals surface area contributed by atoms with Crippen LogP contribution in [0.3, 0.4) is 0 Å². The third-order valence-corrected chi connectivity index (χ3v) is 5.96. The lowest BCUT2D eigenvalue weighted by Crippen LogP contribution is -2.55. The molecule has 0 aliphatic carbocycles. The van der Waals surface area contributed by atoms with E-state index in [1.165, 1.54) is 18.3 Å². The van der Waals surface area contributed by atoms with Crippen molar-refractivity contribution in [3.63, 3.8) is 0 Å². The van der Waals surface area contributed by atoms with Gasteiger partial charge in [-0.3, -0.25) is 14.6 Å². The Bertz CT molecular complexity index is 881. The van der Waals surface area contributed by atoms with Gasteiger partial charge >= 0.3 is 0 Å². The summed E-state index contributed by atoms with van der Waals surface area (Å²) in [5.41, 5.74) is 1.37. The van der Waals surface area contributed by atoms with Crippen molar-refractivity contribution in [1.82, 2.24) is 15.2 Å². The molecule has 160 valence electrons. The van der Waals surface area contributed by atoms with Gasteiger partial charge in [0.05, 0.1) is 5.56 Å². The molecule has 3 rings (SSSR count). The number of rotatable bonds is 5. The van der Waals surface area contributed by atoms with Crippen molar-refractivity contribution < 1.29 is 14.0 Å². The molecule has 1 aromatic heterocycles. The first-order valence-corrected chi connectivity index (χ1v) is 10.4. The molecule has 1 aliphatic rings. The summed E-state index contributed by atoms with van der Waals surface area (Å²) in [6, 6.07) is 9.44. The summed E-state index contributed by atoms with van der Waals surface area (Å²) < 4.78 is 13.3. The molecule has 0 spiro atoms. The topological polar surface area (TPSA) is 62.3 Å². The van der Waals surface area contributed by atoms with E-state index in [2.05, 4.69) is 24.1 Å². The summed E-state index contributed by atoms with van der Waals surface area (Å²) in [5, 5.41) is 2.89. The summed E-state index contributed by atoms with van der Waals surface area (Å²) in [7, 11) is 0. The summed E-state index contributed by atoms with van der Waals surface area (Å²) in [4.78, 5) is 31.7. The molecule has 0 radical (unpaired) electrons. The summed E-state index contributed by atoms with van der Waals surface area (Å²) in [6.07, 6.45) is 3.90. The highest BCUT2D eigenvalue weighted by Crippen LogP contribution is 2.42. The van der Waals surface area contributed by atoms with Crippen LogP contribution in [-0.2, 0) is 4.79 Å². The van der Waals surface area contributed by atoms with Crippen LogP contribution in [0.2, 0.25) is 0 Å². The maximum absolute atomic E-state index is 13.3. The zero-order valence-corrected chi connectivity index (χ0v) is 18.1. The summed E-state index contributed by atoms with van der Waals surface area (Å²) in [6.45, 7) is 9.33. The molecule has 2 amide bonds. The highest BCUT2D eigenvalue weighted by molar-refractivity contribution is 5.97. The number of pyridine rings is 1. The maximum Gasteiger partial charge on any atom is 0.253 e. The molecule has 2 atom stereocenters. The molecule has 1 N–H and O–H groups in total. The van der Waals surface area contributed by atoms with Crippen LogP contribution >= 0.6 is 0 Å². The van der Waals surface area contributed by atoms with E-state index < -0.39 is 6.04 Å². The second-order valence-electron chi connectivity index (χ2n) is 9.08. The molecule has 1 aromatic carbocycles. The second-order valence-corrected chi connectivity index (χ2v) is 9.08. The average molecular weight is 412 g/mol. The van der Waals surface area contributed by atoms with Gasteiger partial charge in [-0.1, -0.05) is 39.8 Å². The summed E-state index contributed by atoms with van der Waals surface area (Å²) >= 11 is 0. The minimum absolute atomic E-state index is 0.0453. The van der Waals surface area contributed by atoms with Gasteiger partial charge in [0.15, 0.2) is 0 Å². The fraction of sp³-hybridized carbons (Fsp3) is 0.458. The first-order chi connectivity index (χ1) is 14.2. The second kappa shape index (κ2) is 8.94. The fourth-order valence-corrected chi connectivity index (χ4v) is 4.29. The van der Waals surface area contributed by atoms with E-state index in [1.54, 1.807) is 18.3 Å². The zero-order valence-electron chi connectivity index (χ0n) is 18.1. The smallest absolute Gasteiger partial charge is 0.253 e. The van der Waals surface area contributed by atoms with Crippen LogP contribution in [-0.4, -0.2) is 40.8 Å². The Labute approximate surface area is 177 Å². The molecule has 1 aliphatic heterocycles. The number of carbonyl (C=O) groups excluding carboxylic acids is 2. The number of piperidine rings is 1. The first-order valence-electron chi connectivity index (χ1n) is 10.4. The third-order valence-electron chi connectivity index (χ3n) is 5.96. The Morgan fingerprint density at radius 3 is 2.47 bits per heavy atom.